The molecule has 0 fully saturated rings. The number of aliphatic imine (C=N–C) groups is 1. The molecular formula is C8H10N2S. The lowest BCUT2D eigenvalue weighted by Crippen LogP contribution is -1.69. The zero-order valence-corrected chi connectivity index (χ0v) is 7.48. The van der Waals surface area contributed by atoms with Crippen molar-refractivity contribution in [3.63, 3.8) is 0 Å². The van der Waals surface area contributed by atoms with E-state index < -0.39 is 0 Å². The van der Waals surface area contributed by atoms with Gasteiger partial charge in [-0.05, 0) is 31.5 Å². The van der Waals surface area contributed by atoms with Gasteiger partial charge in [0.25, 0.3) is 0 Å². The first-order valence-electron chi connectivity index (χ1n) is 3.37. The molecule has 0 aromatic carbocycles. The average Bonchev–Trinajstić information content (AvgIpc) is 2.34. The van der Waals surface area contributed by atoms with Crippen molar-refractivity contribution < 1.29 is 0 Å². The molecular weight excluding hydrogens is 156 g/mol. The van der Waals surface area contributed by atoms with Gasteiger partial charge in [0.15, 0.2) is 0 Å². The van der Waals surface area contributed by atoms with E-state index >= 15 is 0 Å². The number of aryl methyl sites for hydroxylation is 1. The van der Waals surface area contributed by atoms with Crippen molar-refractivity contribution in [3.8, 4) is 0 Å². The molecule has 3 heteroatoms. The Bertz CT molecular complexity index is 286. The molecule has 1 rings (SSSR count). The first-order chi connectivity index (χ1) is 5.29. The summed E-state index contributed by atoms with van der Waals surface area (Å²) in [5, 5.41) is 0. The Kier molecular flexibility index (Phi) is 2.54. The Balaban J connectivity index is 3.17. The second-order valence-corrected chi connectivity index (χ2v) is 2.88. The van der Waals surface area contributed by atoms with Crippen LogP contribution < -0.4 is 0 Å². The van der Waals surface area contributed by atoms with Crippen LogP contribution in [0.1, 0.15) is 17.5 Å². The molecule has 1 aromatic rings. The minimum Gasteiger partial charge on any atom is -0.258 e. The molecule has 0 spiro atoms. The zero-order valence-electron chi connectivity index (χ0n) is 6.66. The summed E-state index contributed by atoms with van der Waals surface area (Å²) in [5.41, 5.74) is 1.93. The molecule has 0 aliphatic carbocycles. The minimum absolute atomic E-state index is 0.951. The molecule has 1 aromatic heterocycles. The van der Waals surface area contributed by atoms with Crippen molar-refractivity contribution in [2.24, 2.45) is 4.99 Å². The zero-order chi connectivity index (χ0) is 8.27. The normalized spacial score (nSPS) is 10.7. The van der Waals surface area contributed by atoms with Crippen LogP contribution in [0.15, 0.2) is 11.6 Å². The SMILES string of the molecule is C=Cc1snc(C)c1N=CC. The van der Waals surface area contributed by atoms with Crippen LogP contribution in [0.25, 0.3) is 6.08 Å². The van der Waals surface area contributed by atoms with Gasteiger partial charge in [0, 0.05) is 6.21 Å². The summed E-state index contributed by atoms with van der Waals surface area (Å²) in [6, 6.07) is 0. The second-order valence-electron chi connectivity index (χ2n) is 2.07. The Morgan fingerprint density at radius 1 is 1.64 bits per heavy atom. The minimum atomic E-state index is 0.951. The van der Waals surface area contributed by atoms with Gasteiger partial charge in [-0.2, -0.15) is 4.37 Å². The summed E-state index contributed by atoms with van der Waals surface area (Å²) in [5.74, 6) is 0. The van der Waals surface area contributed by atoms with E-state index in [0.717, 1.165) is 16.3 Å². The highest BCUT2D eigenvalue weighted by atomic mass is 32.1. The van der Waals surface area contributed by atoms with Crippen LogP contribution in [-0.2, 0) is 0 Å². The van der Waals surface area contributed by atoms with Gasteiger partial charge in [-0.3, -0.25) is 4.99 Å². The molecule has 58 valence electrons. The molecule has 0 unspecified atom stereocenters. The standard InChI is InChI=1S/C8H10N2S/c1-4-7-8(9-5-2)6(3)10-11-7/h4-5H,1H2,2-3H3. The molecule has 2 nitrogen and oxygen atoms in total. The Morgan fingerprint density at radius 3 is 2.91 bits per heavy atom. The summed E-state index contributed by atoms with van der Waals surface area (Å²) in [4.78, 5) is 5.23. The van der Waals surface area contributed by atoms with Crippen LogP contribution >= 0.6 is 11.5 Å². The van der Waals surface area contributed by atoms with Gasteiger partial charge in [0.1, 0.15) is 5.69 Å². The fourth-order valence-electron chi connectivity index (χ4n) is 0.802. The van der Waals surface area contributed by atoms with Crippen LogP contribution in [0.2, 0.25) is 0 Å². The maximum absolute atomic E-state index is 4.19. The van der Waals surface area contributed by atoms with Gasteiger partial charge in [0.2, 0.25) is 0 Å². The topological polar surface area (TPSA) is 25.2 Å². The van der Waals surface area contributed by atoms with Crippen molar-refractivity contribution in [1.29, 1.82) is 0 Å². The summed E-state index contributed by atoms with van der Waals surface area (Å²) in [7, 11) is 0. The lowest BCUT2D eigenvalue weighted by Gasteiger charge is -1.89. The number of rotatable bonds is 2. The molecule has 0 N–H and O–H groups in total. The Hall–Kier alpha value is -0.960. The molecule has 0 amide bonds. The summed E-state index contributed by atoms with van der Waals surface area (Å²) >= 11 is 1.43. The van der Waals surface area contributed by atoms with Gasteiger partial charge in [-0.25, -0.2) is 0 Å². The van der Waals surface area contributed by atoms with E-state index in [-0.39, 0.29) is 0 Å². The van der Waals surface area contributed by atoms with Crippen LogP contribution in [-0.4, -0.2) is 10.6 Å². The predicted octanol–water partition coefficient (Wildman–Crippen LogP) is 2.82. The summed E-state index contributed by atoms with van der Waals surface area (Å²) in [6.45, 7) is 7.53. The smallest absolute Gasteiger partial charge is 0.103 e. The van der Waals surface area contributed by atoms with Crippen molar-refractivity contribution in [1.82, 2.24) is 4.37 Å². The number of aromatic nitrogens is 1. The van der Waals surface area contributed by atoms with E-state index in [1.54, 1.807) is 12.3 Å². The van der Waals surface area contributed by atoms with Gasteiger partial charge in [-0.15, -0.1) is 0 Å². The van der Waals surface area contributed by atoms with Gasteiger partial charge in [-0.1, -0.05) is 6.58 Å². The van der Waals surface area contributed by atoms with Crippen molar-refractivity contribution in [2.45, 2.75) is 13.8 Å². The number of hydrogen-bond acceptors (Lipinski definition) is 3. The van der Waals surface area contributed by atoms with Crippen LogP contribution in [0.3, 0.4) is 0 Å². The number of nitrogens with zero attached hydrogens (tertiary/aromatic N) is 2. The van der Waals surface area contributed by atoms with Crippen molar-refractivity contribution in [2.75, 3.05) is 0 Å². The first kappa shape index (κ1) is 8.14. The van der Waals surface area contributed by atoms with Crippen LogP contribution in [0.5, 0.6) is 0 Å². The Labute approximate surface area is 70.5 Å². The third kappa shape index (κ3) is 1.54. The molecule has 0 bridgehead atoms. The third-order valence-electron chi connectivity index (χ3n) is 1.30. The van der Waals surface area contributed by atoms with Crippen LogP contribution in [0.4, 0.5) is 5.69 Å². The lowest BCUT2D eigenvalue weighted by molar-refractivity contribution is 1.32. The monoisotopic (exact) mass is 166 g/mol. The third-order valence-corrected chi connectivity index (χ3v) is 2.22. The van der Waals surface area contributed by atoms with E-state index in [9.17, 15) is 0 Å². The fraction of sp³-hybridized carbons (Fsp3) is 0.250. The first-order valence-corrected chi connectivity index (χ1v) is 4.14. The van der Waals surface area contributed by atoms with Crippen LogP contribution in [0, 0.1) is 6.92 Å². The Morgan fingerprint density at radius 2 is 2.36 bits per heavy atom. The lowest BCUT2D eigenvalue weighted by atomic mass is 10.3. The molecule has 0 saturated heterocycles. The van der Waals surface area contributed by atoms with E-state index in [2.05, 4.69) is 15.9 Å². The predicted molar refractivity (Wildman–Crippen MR) is 50.8 cm³/mol. The molecule has 11 heavy (non-hydrogen) atoms. The maximum atomic E-state index is 4.19. The quantitative estimate of drug-likeness (QED) is 0.620. The van der Waals surface area contributed by atoms with Gasteiger partial charge in [0.05, 0.1) is 10.6 Å². The molecule has 0 atom stereocenters. The van der Waals surface area contributed by atoms with E-state index in [1.807, 2.05) is 13.8 Å². The summed E-state index contributed by atoms with van der Waals surface area (Å²) in [6.07, 6.45) is 3.55. The highest BCUT2D eigenvalue weighted by molar-refractivity contribution is 7.07. The van der Waals surface area contributed by atoms with Gasteiger partial charge >= 0.3 is 0 Å². The molecule has 1 heterocycles. The fourth-order valence-corrected chi connectivity index (χ4v) is 1.49. The van der Waals surface area contributed by atoms with E-state index in [1.165, 1.54) is 11.5 Å². The highest BCUT2D eigenvalue weighted by Gasteiger charge is 2.04. The highest BCUT2D eigenvalue weighted by Crippen LogP contribution is 2.27. The molecule has 0 aliphatic rings. The molecule has 0 aliphatic heterocycles. The second kappa shape index (κ2) is 3.44. The largest absolute Gasteiger partial charge is 0.258 e. The van der Waals surface area contributed by atoms with E-state index in [4.69, 9.17) is 0 Å². The number of hydrogen-bond donors (Lipinski definition) is 0. The van der Waals surface area contributed by atoms with Crippen molar-refractivity contribution in [3.05, 3.63) is 17.2 Å². The maximum Gasteiger partial charge on any atom is 0.103 e. The molecule has 0 saturated carbocycles. The average molecular weight is 166 g/mol. The van der Waals surface area contributed by atoms with Crippen molar-refractivity contribution >= 4 is 29.5 Å². The summed E-state index contributed by atoms with van der Waals surface area (Å²) < 4.78 is 4.16. The molecule has 0 radical (unpaired) electrons. The van der Waals surface area contributed by atoms with Gasteiger partial charge < -0.3 is 0 Å². The van der Waals surface area contributed by atoms with E-state index in [0.29, 0.717) is 0 Å².